The number of aryl methyl sites for hydroxylation is 3. The van der Waals surface area contributed by atoms with Crippen LogP contribution in [0.2, 0.25) is 5.02 Å². The molecular weight excluding hydrogens is 462 g/mol. The summed E-state index contributed by atoms with van der Waals surface area (Å²) in [6.45, 7) is 10.1. The minimum absolute atomic E-state index is 0.0397. The molecule has 0 atom stereocenters. The van der Waals surface area contributed by atoms with E-state index >= 15 is 0 Å². The Kier molecular flexibility index (Phi) is 7.08. The SMILES string of the molecule is Cc1cc(Cl)c(COc2cccc3c(-c4ncc(C)n4C)cc(C)nc23)c(CNC(=O)C(C)C)n1. The van der Waals surface area contributed by atoms with E-state index in [0.29, 0.717) is 16.5 Å². The van der Waals surface area contributed by atoms with Gasteiger partial charge in [0.2, 0.25) is 5.91 Å². The molecule has 3 aromatic heterocycles. The van der Waals surface area contributed by atoms with Gasteiger partial charge in [-0.15, -0.1) is 0 Å². The first kappa shape index (κ1) is 24.7. The zero-order chi connectivity index (χ0) is 25.3. The second kappa shape index (κ2) is 10.0. The number of carbonyl (C=O) groups excluding carboxylic acids is 1. The smallest absolute Gasteiger partial charge is 0.222 e. The van der Waals surface area contributed by atoms with Crippen molar-refractivity contribution in [2.45, 2.75) is 47.8 Å². The Balaban J connectivity index is 1.69. The normalized spacial score (nSPS) is 11.3. The van der Waals surface area contributed by atoms with Gasteiger partial charge in [-0.3, -0.25) is 9.78 Å². The van der Waals surface area contributed by atoms with E-state index in [9.17, 15) is 4.79 Å². The van der Waals surface area contributed by atoms with Gasteiger partial charge in [-0.1, -0.05) is 37.6 Å². The largest absolute Gasteiger partial charge is 0.486 e. The van der Waals surface area contributed by atoms with Crippen molar-refractivity contribution >= 4 is 28.4 Å². The molecule has 182 valence electrons. The molecular formula is C27H30ClN5O2. The summed E-state index contributed by atoms with van der Waals surface area (Å²) < 4.78 is 8.34. The molecule has 1 N–H and O–H groups in total. The lowest BCUT2D eigenvalue weighted by molar-refractivity contribution is -0.124. The summed E-state index contributed by atoms with van der Waals surface area (Å²) in [6.07, 6.45) is 1.86. The molecule has 4 aromatic rings. The van der Waals surface area contributed by atoms with Gasteiger partial charge >= 0.3 is 0 Å². The molecule has 0 aliphatic carbocycles. The highest BCUT2D eigenvalue weighted by Crippen LogP contribution is 2.33. The zero-order valence-corrected chi connectivity index (χ0v) is 21.7. The number of amides is 1. The van der Waals surface area contributed by atoms with E-state index in [1.807, 2.05) is 72.1 Å². The van der Waals surface area contributed by atoms with Crippen molar-refractivity contribution in [3.05, 3.63) is 69.9 Å². The number of fused-ring (bicyclic) bond motifs is 1. The molecule has 7 nitrogen and oxygen atoms in total. The van der Waals surface area contributed by atoms with Gasteiger partial charge in [0.25, 0.3) is 0 Å². The van der Waals surface area contributed by atoms with Crippen molar-refractivity contribution in [2.24, 2.45) is 13.0 Å². The van der Waals surface area contributed by atoms with Crippen LogP contribution in [-0.2, 0) is 25.0 Å². The average Bonchev–Trinajstić information content (AvgIpc) is 3.14. The van der Waals surface area contributed by atoms with Crippen molar-refractivity contribution in [1.82, 2.24) is 24.8 Å². The van der Waals surface area contributed by atoms with Crippen molar-refractivity contribution in [2.75, 3.05) is 0 Å². The molecule has 0 saturated carbocycles. The number of rotatable bonds is 7. The first-order chi connectivity index (χ1) is 16.7. The fourth-order valence-corrected chi connectivity index (χ4v) is 4.26. The molecule has 35 heavy (non-hydrogen) atoms. The lowest BCUT2D eigenvalue weighted by atomic mass is 10.1. The highest BCUT2D eigenvalue weighted by molar-refractivity contribution is 6.31. The number of pyridine rings is 2. The number of nitrogens with one attached hydrogen (secondary N) is 1. The van der Waals surface area contributed by atoms with E-state index < -0.39 is 0 Å². The van der Waals surface area contributed by atoms with Crippen molar-refractivity contribution < 1.29 is 9.53 Å². The Morgan fingerprint density at radius 3 is 2.57 bits per heavy atom. The second-order valence-electron chi connectivity index (χ2n) is 9.08. The number of ether oxygens (including phenoxy) is 1. The van der Waals surface area contributed by atoms with E-state index in [1.54, 1.807) is 6.07 Å². The molecule has 0 fully saturated rings. The van der Waals surface area contributed by atoms with Gasteiger partial charge in [0.15, 0.2) is 0 Å². The Bertz CT molecular complexity index is 1410. The maximum absolute atomic E-state index is 12.1. The number of carbonyl (C=O) groups is 1. The molecule has 0 aliphatic heterocycles. The first-order valence-electron chi connectivity index (χ1n) is 11.6. The van der Waals surface area contributed by atoms with E-state index in [-0.39, 0.29) is 25.0 Å². The van der Waals surface area contributed by atoms with Crippen LogP contribution < -0.4 is 10.1 Å². The minimum Gasteiger partial charge on any atom is -0.486 e. The van der Waals surface area contributed by atoms with E-state index in [2.05, 4.69) is 19.9 Å². The number of nitrogens with zero attached hydrogens (tertiary/aromatic N) is 4. The summed E-state index contributed by atoms with van der Waals surface area (Å²) in [5.41, 5.74) is 5.92. The molecule has 0 saturated heterocycles. The molecule has 4 rings (SSSR count). The van der Waals surface area contributed by atoms with Crippen LogP contribution in [0.4, 0.5) is 0 Å². The van der Waals surface area contributed by atoms with Gasteiger partial charge in [-0.25, -0.2) is 9.97 Å². The lowest BCUT2D eigenvalue weighted by Gasteiger charge is -2.16. The van der Waals surface area contributed by atoms with Gasteiger partial charge in [-0.05, 0) is 39.0 Å². The van der Waals surface area contributed by atoms with Crippen LogP contribution in [0.15, 0.2) is 36.5 Å². The molecule has 3 heterocycles. The zero-order valence-electron chi connectivity index (χ0n) is 20.9. The van der Waals surface area contributed by atoms with Crippen LogP contribution in [0.5, 0.6) is 5.75 Å². The fraction of sp³-hybridized carbons (Fsp3) is 0.333. The van der Waals surface area contributed by atoms with Crippen LogP contribution in [0.3, 0.4) is 0 Å². The van der Waals surface area contributed by atoms with Gasteiger partial charge < -0.3 is 14.6 Å². The molecule has 8 heteroatoms. The third kappa shape index (κ3) is 5.15. The maximum atomic E-state index is 12.1. The van der Waals surface area contributed by atoms with Crippen LogP contribution in [0, 0.1) is 26.7 Å². The summed E-state index contributed by atoms with van der Waals surface area (Å²) in [5.74, 6) is 1.37. The number of aromatic nitrogens is 4. The van der Waals surface area contributed by atoms with Gasteiger partial charge in [0.05, 0.1) is 17.3 Å². The molecule has 1 aromatic carbocycles. The van der Waals surface area contributed by atoms with Gasteiger partial charge in [0, 0.05) is 52.8 Å². The van der Waals surface area contributed by atoms with Crippen LogP contribution in [-0.4, -0.2) is 25.4 Å². The Labute approximate surface area is 210 Å². The molecule has 0 radical (unpaired) electrons. The summed E-state index contributed by atoms with van der Waals surface area (Å²) in [4.78, 5) is 26.1. The molecule has 0 bridgehead atoms. The van der Waals surface area contributed by atoms with E-state index in [0.717, 1.165) is 44.9 Å². The first-order valence-corrected chi connectivity index (χ1v) is 12.0. The Hall–Kier alpha value is -3.45. The van der Waals surface area contributed by atoms with Crippen LogP contribution >= 0.6 is 11.6 Å². The predicted octanol–water partition coefficient (Wildman–Crippen LogP) is 5.46. The number of hydrogen-bond acceptors (Lipinski definition) is 5. The Morgan fingerprint density at radius 1 is 1.14 bits per heavy atom. The van der Waals surface area contributed by atoms with Crippen LogP contribution in [0.25, 0.3) is 22.3 Å². The topological polar surface area (TPSA) is 81.9 Å². The number of hydrogen-bond donors (Lipinski definition) is 1. The van der Waals surface area contributed by atoms with E-state index in [4.69, 9.17) is 21.3 Å². The average molecular weight is 492 g/mol. The minimum atomic E-state index is -0.114. The predicted molar refractivity (Wildman–Crippen MR) is 138 cm³/mol. The van der Waals surface area contributed by atoms with Crippen molar-refractivity contribution in [3.63, 3.8) is 0 Å². The van der Waals surface area contributed by atoms with Gasteiger partial charge in [0.1, 0.15) is 23.7 Å². The monoisotopic (exact) mass is 491 g/mol. The molecule has 0 unspecified atom stereocenters. The molecule has 0 spiro atoms. The summed E-state index contributed by atoms with van der Waals surface area (Å²) in [5, 5.41) is 4.44. The summed E-state index contributed by atoms with van der Waals surface area (Å²) in [7, 11) is 2.01. The second-order valence-corrected chi connectivity index (χ2v) is 9.48. The quantitative estimate of drug-likeness (QED) is 0.371. The number of imidazole rings is 1. The number of benzene rings is 1. The summed E-state index contributed by atoms with van der Waals surface area (Å²) >= 11 is 6.59. The lowest BCUT2D eigenvalue weighted by Crippen LogP contribution is -2.28. The standard InChI is InChI=1S/C27H30ClN5O2/c1-15(2)27(34)30-13-23-21(22(28)11-17(4)31-23)14-35-24-9-7-8-19-20(10-16(3)32-25(19)24)26-29-12-18(5)33(26)6/h7-12,15H,13-14H2,1-6H3,(H,30,34). The Morgan fingerprint density at radius 2 is 1.89 bits per heavy atom. The highest BCUT2D eigenvalue weighted by Gasteiger charge is 2.17. The highest BCUT2D eigenvalue weighted by atomic mass is 35.5. The van der Waals surface area contributed by atoms with Crippen molar-refractivity contribution in [3.8, 4) is 17.1 Å². The molecule has 0 aliphatic rings. The number of para-hydroxylation sites is 1. The summed E-state index contributed by atoms with van der Waals surface area (Å²) in [6, 6.07) is 9.73. The third-order valence-corrected chi connectivity index (χ3v) is 6.34. The third-order valence-electron chi connectivity index (χ3n) is 6.00. The van der Waals surface area contributed by atoms with E-state index in [1.165, 1.54) is 0 Å². The maximum Gasteiger partial charge on any atom is 0.222 e. The number of halogens is 1. The molecule has 1 amide bonds. The van der Waals surface area contributed by atoms with Crippen LogP contribution in [0.1, 0.15) is 42.2 Å². The fourth-order valence-electron chi connectivity index (χ4n) is 3.94. The van der Waals surface area contributed by atoms with Gasteiger partial charge in [-0.2, -0.15) is 0 Å². The van der Waals surface area contributed by atoms with Crippen molar-refractivity contribution in [1.29, 1.82) is 0 Å².